The first-order valence-electron chi connectivity index (χ1n) is 2.55. The fourth-order valence-corrected chi connectivity index (χ4v) is 0.965. The van der Waals surface area contributed by atoms with E-state index in [1.54, 1.807) is 0 Å². The number of aldehydes is 1. The molecule has 0 unspecified atom stereocenters. The monoisotopic (exact) mass is 214 g/mol. The quantitative estimate of drug-likeness (QED) is 0.297. The van der Waals surface area contributed by atoms with Crippen LogP contribution in [0.3, 0.4) is 0 Å². The molecular weight excluding hydrogens is 211 g/mol. The second kappa shape index (κ2) is 4.65. The van der Waals surface area contributed by atoms with Gasteiger partial charge in [-0.3, -0.25) is 4.79 Å². The zero-order chi connectivity index (χ0) is 8.48. The van der Waals surface area contributed by atoms with E-state index in [2.05, 4.69) is 4.42 Å². The maximum absolute atomic E-state index is 10.2. The van der Waals surface area contributed by atoms with Crippen LogP contribution in [0.1, 0.15) is 10.6 Å². The van der Waals surface area contributed by atoms with Gasteiger partial charge in [-0.15, -0.1) is 0 Å². The number of hydrogen-bond acceptors (Lipinski definition) is 5. The van der Waals surface area contributed by atoms with Gasteiger partial charge in [-0.2, -0.15) is 0 Å². The van der Waals surface area contributed by atoms with Crippen molar-refractivity contribution in [1.29, 1.82) is 0 Å². The van der Waals surface area contributed by atoms with E-state index in [0.29, 0.717) is 6.29 Å². The van der Waals surface area contributed by atoms with E-state index in [4.69, 9.17) is 0 Å². The molecule has 0 fully saturated rings. The van der Waals surface area contributed by atoms with Gasteiger partial charge in [0, 0.05) is 0 Å². The van der Waals surface area contributed by atoms with Crippen molar-refractivity contribution in [2.45, 2.75) is 5.09 Å². The Hall–Kier alpha value is 0.496. The maximum Gasteiger partial charge on any atom is 1.00 e. The number of furan rings is 1. The molecule has 1 rings (SSSR count). The van der Waals surface area contributed by atoms with Gasteiger partial charge in [0.1, 0.15) is 0 Å². The summed E-state index contributed by atoms with van der Waals surface area (Å²) >= 11 is 0. The summed E-state index contributed by atoms with van der Waals surface area (Å²) in [6.45, 7) is 0. The van der Waals surface area contributed by atoms with Crippen LogP contribution in [0, 0.1) is 0 Å². The van der Waals surface area contributed by atoms with Crippen molar-refractivity contribution in [3.05, 3.63) is 17.9 Å². The first-order chi connectivity index (χ1) is 5.04. The van der Waals surface area contributed by atoms with Crippen molar-refractivity contribution in [1.82, 2.24) is 0 Å². The van der Waals surface area contributed by atoms with E-state index in [0.717, 1.165) is 12.1 Å². The van der Waals surface area contributed by atoms with Crippen LogP contribution in [-0.2, 0) is 10.1 Å². The van der Waals surface area contributed by atoms with Crippen molar-refractivity contribution in [2.75, 3.05) is 0 Å². The predicted molar refractivity (Wildman–Crippen MR) is 32.1 cm³/mol. The molecule has 5 nitrogen and oxygen atoms in total. The zero-order valence-corrected chi connectivity index (χ0v) is 10.1. The molecule has 0 aromatic carbocycles. The van der Waals surface area contributed by atoms with Gasteiger partial charge in [0.2, 0.25) is 5.09 Å². The van der Waals surface area contributed by atoms with Crippen LogP contribution in [0.15, 0.2) is 21.6 Å². The summed E-state index contributed by atoms with van der Waals surface area (Å²) in [6.07, 6.45) is 0.314. The summed E-state index contributed by atoms with van der Waals surface area (Å²) < 4.78 is 34.9. The van der Waals surface area contributed by atoms with Gasteiger partial charge >= 0.3 is 51.4 Å². The normalized spacial score (nSPS) is 10.4. The molecule has 0 N–H and O–H groups in total. The summed E-state index contributed by atoms with van der Waals surface area (Å²) in [5.74, 6) is -0.181. The summed E-state index contributed by atoms with van der Waals surface area (Å²) in [6, 6.07) is 2.05. The van der Waals surface area contributed by atoms with Crippen LogP contribution < -0.4 is 51.4 Å². The first kappa shape index (κ1) is 12.5. The van der Waals surface area contributed by atoms with E-state index >= 15 is 0 Å². The molecule has 0 spiro atoms. The summed E-state index contributed by atoms with van der Waals surface area (Å²) in [5.41, 5.74) is 0. The molecule has 0 bridgehead atoms. The molecular formula is C5H3KO5S. The number of carbonyl (C=O) groups excluding carboxylic acids is 1. The molecule has 12 heavy (non-hydrogen) atoms. The Bertz CT molecular complexity index is 365. The Morgan fingerprint density at radius 1 is 1.42 bits per heavy atom. The average Bonchev–Trinajstić information content (AvgIpc) is 2.32. The Balaban J connectivity index is 0.00000121. The fourth-order valence-electron chi connectivity index (χ4n) is 0.532. The number of carbonyl (C=O) groups is 1. The van der Waals surface area contributed by atoms with E-state index in [-0.39, 0.29) is 57.1 Å². The summed E-state index contributed by atoms with van der Waals surface area (Å²) in [4.78, 5) is 9.96. The third-order valence-corrected chi connectivity index (χ3v) is 1.68. The number of hydrogen-bond donors (Lipinski definition) is 0. The van der Waals surface area contributed by atoms with Crippen molar-refractivity contribution in [2.24, 2.45) is 0 Å². The van der Waals surface area contributed by atoms with Crippen molar-refractivity contribution < 1.29 is 73.6 Å². The van der Waals surface area contributed by atoms with Gasteiger partial charge in [0.25, 0.3) is 0 Å². The van der Waals surface area contributed by atoms with Gasteiger partial charge in [-0.25, -0.2) is 8.42 Å². The van der Waals surface area contributed by atoms with E-state index in [1.807, 2.05) is 0 Å². The molecule has 0 amide bonds. The molecule has 0 saturated carbocycles. The van der Waals surface area contributed by atoms with Crippen LogP contribution in [0.2, 0.25) is 0 Å². The Kier molecular flexibility index (Phi) is 4.85. The molecule has 0 aliphatic rings. The summed E-state index contributed by atoms with van der Waals surface area (Å²) in [7, 11) is -4.57. The molecule has 0 aliphatic carbocycles. The second-order valence-electron chi connectivity index (χ2n) is 1.73. The van der Waals surface area contributed by atoms with E-state index in [1.165, 1.54) is 0 Å². The average molecular weight is 214 g/mol. The van der Waals surface area contributed by atoms with Gasteiger partial charge in [0.05, 0.1) is 0 Å². The van der Waals surface area contributed by atoms with Gasteiger partial charge in [-0.05, 0) is 12.1 Å². The van der Waals surface area contributed by atoms with Gasteiger partial charge in [-0.1, -0.05) is 0 Å². The van der Waals surface area contributed by atoms with Crippen molar-refractivity contribution in [3.63, 3.8) is 0 Å². The third-order valence-electron chi connectivity index (χ3n) is 0.965. The topological polar surface area (TPSA) is 87.4 Å². The molecule has 1 aromatic rings. The third kappa shape index (κ3) is 3.09. The van der Waals surface area contributed by atoms with Gasteiger partial charge in [0.15, 0.2) is 22.2 Å². The minimum atomic E-state index is -4.57. The predicted octanol–water partition coefficient (Wildman–Crippen LogP) is -3.00. The minimum Gasteiger partial charge on any atom is -0.742 e. The molecule has 0 radical (unpaired) electrons. The van der Waals surface area contributed by atoms with Crippen LogP contribution in [0.5, 0.6) is 0 Å². The molecule has 0 atom stereocenters. The SMILES string of the molecule is O=Cc1ccc(S(=O)(=O)[O-])o1.[K+]. The molecule has 7 heteroatoms. The Labute approximate surface area is 111 Å². The minimum absolute atomic E-state index is 0. The van der Waals surface area contributed by atoms with Crippen LogP contribution in [-0.4, -0.2) is 19.3 Å². The Morgan fingerprint density at radius 2 is 2.00 bits per heavy atom. The molecule has 60 valence electrons. The van der Waals surface area contributed by atoms with Crippen LogP contribution in [0.4, 0.5) is 0 Å². The Morgan fingerprint density at radius 3 is 2.25 bits per heavy atom. The second-order valence-corrected chi connectivity index (χ2v) is 3.04. The smallest absolute Gasteiger partial charge is 0.742 e. The zero-order valence-electron chi connectivity index (χ0n) is 6.18. The van der Waals surface area contributed by atoms with Crippen LogP contribution >= 0.6 is 0 Å². The van der Waals surface area contributed by atoms with Crippen molar-refractivity contribution in [3.8, 4) is 0 Å². The summed E-state index contributed by atoms with van der Waals surface area (Å²) in [5, 5.41) is -0.736. The van der Waals surface area contributed by atoms with E-state index < -0.39 is 15.2 Å². The molecule has 1 aromatic heterocycles. The maximum atomic E-state index is 10.2. The molecule has 0 aliphatic heterocycles. The van der Waals surface area contributed by atoms with E-state index in [9.17, 15) is 17.8 Å². The first-order valence-corrected chi connectivity index (χ1v) is 3.96. The number of rotatable bonds is 2. The standard InChI is InChI=1S/C5H4O5S.K/c6-3-4-1-2-5(10-4)11(7,8)9;/h1-3H,(H,7,8,9);/q;+1/p-1. The fraction of sp³-hybridized carbons (Fsp3) is 0. The molecule has 1 heterocycles. The largest absolute Gasteiger partial charge is 1.00 e. The van der Waals surface area contributed by atoms with Gasteiger partial charge < -0.3 is 8.97 Å². The van der Waals surface area contributed by atoms with Crippen molar-refractivity contribution >= 4 is 16.4 Å². The molecule has 0 saturated heterocycles. The van der Waals surface area contributed by atoms with Crippen LogP contribution in [0.25, 0.3) is 0 Å².